The molecule has 0 saturated heterocycles. The number of carbonyl (C=O) groups excluding carboxylic acids is 1. The van der Waals surface area contributed by atoms with Crippen LogP contribution in [0.1, 0.15) is 44.7 Å². The van der Waals surface area contributed by atoms with Crippen LogP contribution in [0, 0.1) is 0 Å². The topological polar surface area (TPSA) is 85.3 Å². The number of hydrogen-bond donors (Lipinski definition) is 1. The molecule has 0 bridgehead atoms. The molecule has 2 aromatic carbocycles. The van der Waals surface area contributed by atoms with Crippen molar-refractivity contribution in [2.75, 3.05) is 26.3 Å². The van der Waals surface area contributed by atoms with Crippen molar-refractivity contribution in [3.05, 3.63) is 65.7 Å². The normalized spacial score (nSPS) is 11.8. The van der Waals surface area contributed by atoms with Crippen molar-refractivity contribution >= 4 is 12.1 Å². The van der Waals surface area contributed by atoms with E-state index in [-0.39, 0.29) is 12.2 Å². The van der Waals surface area contributed by atoms with E-state index in [0.717, 1.165) is 24.8 Å². The third-order valence-corrected chi connectivity index (χ3v) is 5.20. The first kappa shape index (κ1) is 27.2. The first-order valence-corrected chi connectivity index (χ1v) is 11.9. The predicted octanol–water partition coefficient (Wildman–Crippen LogP) is 4.97. The summed E-state index contributed by atoms with van der Waals surface area (Å²) in [5.74, 6) is -0.312. The monoisotopic (exact) mass is 471 g/mol. The van der Waals surface area contributed by atoms with Crippen LogP contribution in [-0.4, -0.2) is 60.6 Å². The summed E-state index contributed by atoms with van der Waals surface area (Å²) in [4.78, 5) is 25.5. The molecule has 0 spiro atoms. The van der Waals surface area contributed by atoms with Crippen LogP contribution in [0.2, 0.25) is 0 Å². The second kappa shape index (κ2) is 15.0. The molecule has 0 aromatic heterocycles. The van der Waals surface area contributed by atoms with Gasteiger partial charge in [-0.05, 0) is 63.3 Å². The maximum atomic E-state index is 12.5. The number of aliphatic carboxylic acids is 1. The van der Waals surface area contributed by atoms with E-state index >= 15 is 0 Å². The Kier molecular flexibility index (Phi) is 12.0. The Hall–Kier alpha value is -3.06. The summed E-state index contributed by atoms with van der Waals surface area (Å²) in [6.07, 6.45) is 1.75. The van der Waals surface area contributed by atoms with Gasteiger partial charge in [0, 0.05) is 19.6 Å². The third kappa shape index (κ3) is 10.3. The van der Waals surface area contributed by atoms with Gasteiger partial charge in [-0.3, -0.25) is 0 Å². The number of aryl methyl sites for hydroxylation is 1. The molecule has 0 heterocycles. The first-order chi connectivity index (χ1) is 16.4. The van der Waals surface area contributed by atoms with Crippen molar-refractivity contribution in [3.63, 3.8) is 0 Å². The minimum absolute atomic E-state index is 0.181. The van der Waals surface area contributed by atoms with Gasteiger partial charge in [0.05, 0.1) is 12.6 Å². The molecule has 0 radical (unpaired) electrons. The van der Waals surface area contributed by atoms with E-state index in [0.29, 0.717) is 38.5 Å². The third-order valence-electron chi connectivity index (χ3n) is 5.20. The van der Waals surface area contributed by atoms with Crippen LogP contribution in [-0.2, 0) is 27.1 Å². The Balaban J connectivity index is 1.82. The summed E-state index contributed by atoms with van der Waals surface area (Å²) in [6.45, 7) is 7.16. The smallest absolute Gasteiger partial charge is 0.410 e. The molecule has 7 heteroatoms. The SMILES string of the molecule is CCOC(Cc1ccc(OCCN(CCCCc2ccccc2)C(=O)OC(C)C)cc1)C(=O)O. The molecular formula is C27H37NO6. The Bertz CT molecular complexity index is 853. The maximum Gasteiger partial charge on any atom is 0.410 e. The van der Waals surface area contributed by atoms with E-state index in [1.807, 2.05) is 44.2 Å². The van der Waals surface area contributed by atoms with Gasteiger partial charge < -0.3 is 24.2 Å². The van der Waals surface area contributed by atoms with Gasteiger partial charge in [-0.2, -0.15) is 0 Å². The number of carboxylic acids is 1. The first-order valence-electron chi connectivity index (χ1n) is 11.9. The Labute approximate surface area is 202 Å². The molecule has 186 valence electrons. The molecule has 2 rings (SSSR count). The average molecular weight is 472 g/mol. The maximum absolute atomic E-state index is 12.5. The lowest BCUT2D eigenvalue weighted by Crippen LogP contribution is -2.37. The van der Waals surface area contributed by atoms with Crippen LogP contribution in [0.25, 0.3) is 0 Å². The quantitative estimate of drug-likeness (QED) is 0.369. The van der Waals surface area contributed by atoms with Gasteiger partial charge in [0.15, 0.2) is 6.10 Å². The lowest BCUT2D eigenvalue weighted by molar-refractivity contribution is -0.149. The van der Waals surface area contributed by atoms with E-state index < -0.39 is 12.1 Å². The fourth-order valence-electron chi connectivity index (χ4n) is 3.48. The Morgan fingerprint density at radius 1 is 0.941 bits per heavy atom. The summed E-state index contributed by atoms with van der Waals surface area (Å²) in [7, 11) is 0. The summed E-state index contributed by atoms with van der Waals surface area (Å²) in [5, 5.41) is 9.23. The molecular weight excluding hydrogens is 434 g/mol. The van der Waals surface area contributed by atoms with Gasteiger partial charge in [-0.15, -0.1) is 0 Å². The number of unbranched alkanes of at least 4 members (excludes halogenated alkanes) is 1. The highest BCUT2D eigenvalue weighted by atomic mass is 16.6. The molecule has 7 nitrogen and oxygen atoms in total. The molecule has 1 N–H and O–H groups in total. The van der Waals surface area contributed by atoms with Crippen molar-refractivity contribution in [2.24, 2.45) is 0 Å². The van der Waals surface area contributed by atoms with Crippen LogP contribution in [0.15, 0.2) is 54.6 Å². The summed E-state index contributed by atoms with van der Waals surface area (Å²) >= 11 is 0. The van der Waals surface area contributed by atoms with Crippen LogP contribution in [0.3, 0.4) is 0 Å². The number of rotatable bonds is 15. The van der Waals surface area contributed by atoms with Gasteiger partial charge in [-0.1, -0.05) is 42.5 Å². The van der Waals surface area contributed by atoms with Crippen molar-refractivity contribution in [1.29, 1.82) is 0 Å². The molecule has 1 atom stereocenters. The van der Waals surface area contributed by atoms with E-state index in [1.165, 1.54) is 5.56 Å². The van der Waals surface area contributed by atoms with E-state index in [4.69, 9.17) is 14.2 Å². The number of carbonyl (C=O) groups is 2. The van der Waals surface area contributed by atoms with Crippen molar-refractivity contribution in [1.82, 2.24) is 4.90 Å². The molecule has 1 unspecified atom stereocenters. The number of benzene rings is 2. The minimum Gasteiger partial charge on any atom is -0.492 e. The van der Waals surface area contributed by atoms with Gasteiger partial charge in [0.2, 0.25) is 0 Å². The standard InChI is InChI=1S/C27H37NO6/c1-4-32-25(26(29)30)20-23-13-15-24(16-14-23)33-19-18-28(27(31)34-21(2)3)17-9-8-12-22-10-6-5-7-11-22/h5-7,10-11,13-16,21,25H,4,8-9,12,17-20H2,1-3H3,(H,29,30). The fourth-order valence-corrected chi connectivity index (χ4v) is 3.48. The van der Waals surface area contributed by atoms with E-state index in [9.17, 15) is 14.7 Å². The number of hydrogen-bond acceptors (Lipinski definition) is 5. The second-order valence-corrected chi connectivity index (χ2v) is 8.34. The van der Waals surface area contributed by atoms with E-state index in [2.05, 4.69) is 12.1 Å². The Morgan fingerprint density at radius 2 is 1.65 bits per heavy atom. The molecule has 0 saturated carbocycles. The summed E-state index contributed by atoms with van der Waals surface area (Å²) in [5.41, 5.74) is 2.15. The molecule has 0 aliphatic carbocycles. The molecule has 34 heavy (non-hydrogen) atoms. The summed E-state index contributed by atoms with van der Waals surface area (Å²) < 4.78 is 16.5. The fraction of sp³-hybridized carbons (Fsp3) is 0.481. The second-order valence-electron chi connectivity index (χ2n) is 8.34. The zero-order valence-corrected chi connectivity index (χ0v) is 20.4. The van der Waals surface area contributed by atoms with Crippen LogP contribution in [0.4, 0.5) is 4.79 Å². The lowest BCUT2D eigenvalue weighted by atomic mass is 10.1. The van der Waals surface area contributed by atoms with Crippen molar-refractivity contribution in [3.8, 4) is 5.75 Å². The molecule has 1 amide bonds. The van der Waals surface area contributed by atoms with Gasteiger partial charge in [0.1, 0.15) is 12.4 Å². The largest absolute Gasteiger partial charge is 0.492 e. The summed E-state index contributed by atoms with van der Waals surface area (Å²) in [6, 6.07) is 17.6. The highest BCUT2D eigenvalue weighted by Gasteiger charge is 2.18. The number of nitrogens with zero attached hydrogens (tertiary/aromatic N) is 1. The number of carboxylic acid groups (broad SMARTS) is 1. The Morgan fingerprint density at radius 3 is 2.26 bits per heavy atom. The molecule has 0 aliphatic heterocycles. The zero-order chi connectivity index (χ0) is 24.8. The van der Waals surface area contributed by atoms with Crippen LogP contribution < -0.4 is 4.74 Å². The zero-order valence-electron chi connectivity index (χ0n) is 20.4. The number of ether oxygens (including phenoxy) is 3. The molecule has 0 fully saturated rings. The minimum atomic E-state index is -0.973. The van der Waals surface area contributed by atoms with Crippen LogP contribution in [0.5, 0.6) is 5.75 Å². The van der Waals surface area contributed by atoms with Gasteiger partial charge in [0.25, 0.3) is 0 Å². The highest BCUT2D eigenvalue weighted by molar-refractivity contribution is 5.72. The molecule has 0 aliphatic rings. The van der Waals surface area contributed by atoms with Gasteiger partial charge >= 0.3 is 12.1 Å². The van der Waals surface area contributed by atoms with Crippen molar-refractivity contribution < 1.29 is 28.9 Å². The highest BCUT2D eigenvalue weighted by Crippen LogP contribution is 2.15. The van der Waals surface area contributed by atoms with Crippen molar-refractivity contribution in [2.45, 2.75) is 58.7 Å². The number of amides is 1. The lowest BCUT2D eigenvalue weighted by Gasteiger charge is -2.23. The predicted molar refractivity (Wildman–Crippen MR) is 131 cm³/mol. The van der Waals surface area contributed by atoms with Crippen LogP contribution >= 0.6 is 0 Å². The van der Waals surface area contributed by atoms with E-state index in [1.54, 1.807) is 24.0 Å². The molecule has 2 aromatic rings. The van der Waals surface area contributed by atoms with Gasteiger partial charge in [-0.25, -0.2) is 9.59 Å². The average Bonchev–Trinajstić information content (AvgIpc) is 2.81.